The number of methoxy groups -OCH3 is 1. The van der Waals surface area contributed by atoms with E-state index in [2.05, 4.69) is 20.8 Å². The SMILES string of the molecule is COc1cc(C=NNC(=O)c2cccnc2Cl)ccc1OCC(=O)Nc1ccc(F)cc1. The third-order valence-electron chi connectivity index (χ3n) is 4.06. The molecule has 3 rings (SSSR count). The van der Waals surface area contributed by atoms with Gasteiger partial charge < -0.3 is 14.8 Å². The first-order chi connectivity index (χ1) is 15.5. The number of hydrogen-bond donors (Lipinski definition) is 2. The van der Waals surface area contributed by atoms with Crippen LogP contribution in [0.4, 0.5) is 10.1 Å². The number of carbonyl (C=O) groups excluding carboxylic acids is 2. The Morgan fingerprint density at radius 3 is 2.66 bits per heavy atom. The fourth-order valence-corrected chi connectivity index (χ4v) is 2.74. The van der Waals surface area contributed by atoms with Gasteiger partial charge in [0.1, 0.15) is 11.0 Å². The van der Waals surface area contributed by atoms with Gasteiger partial charge in [-0.1, -0.05) is 11.6 Å². The highest BCUT2D eigenvalue weighted by molar-refractivity contribution is 6.32. The monoisotopic (exact) mass is 456 g/mol. The van der Waals surface area contributed by atoms with Gasteiger partial charge in [-0.25, -0.2) is 14.8 Å². The van der Waals surface area contributed by atoms with Gasteiger partial charge in [-0.2, -0.15) is 5.10 Å². The van der Waals surface area contributed by atoms with E-state index in [1.807, 2.05) is 0 Å². The lowest BCUT2D eigenvalue weighted by atomic mass is 10.2. The van der Waals surface area contributed by atoms with Crippen molar-refractivity contribution in [3.63, 3.8) is 0 Å². The molecule has 0 spiro atoms. The fourth-order valence-electron chi connectivity index (χ4n) is 2.54. The van der Waals surface area contributed by atoms with Crippen LogP contribution < -0.4 is 20.2 Å². The molecule has 0 bridgehead atoms. The summed E-state index contributed by atoms with van der Waals surface area (Å²) in [4.78, 5) is 28.0. The third-order valence-corrected chi connectivity index (χ3v) is 4.36. The number of ether oxygens (including phenoxy) is 2. The summed E-state index contributed by atoms with van der Waals surface area (Å²) in [6.45, 7) is -0.275. The Hall–Kier alpha value is -3.98. The molecule has 1 heterocycles. The van der Waals surface area contributed by atoms with E-state index in [4.69, 9.17) is 21.1 Å². The van der Waals surface area contributed by atoms with Crippen molar-refractivity contribution in [2.45, 2.75) is 0 Å². The van der Waals surface area contributed by atoms with E-state index in [1.165, 1.54) is 49.9 Å². The van der Waals surface area contributed by atoms with Gasteiger partial charge in [0.15, 0.2) is 18.1 Å². The van der Waals surface area contributed by atoms with E-state index in [0.717, 1.165) is 0 Å². The molecule has 3 aromatic rings. The molecule has 32 heavy (non-hydrogen) atoms. The maximum Gasteiger partial charge on any atom is 0.274 e. The Labute approximate surface area is 188 Å². The molecule has 164 valence electrons. The van der Waals surface area contributed by atoms with Gasteiger partial charge in [-0.05, 0) is 60.2 Å². The summed E-state index contributed by atoms with van der Waals surface area (Å²) in [5.74, 6) is -0.609. The summed E-state index contributed by atoms with van der Waals surface area (Å²) in [7, 11) is 1.45. The van der Waals surface area contributed by atoms with E-state index in [1.54, 1.807) is 24.3 Å². The zero-order valence-electron chi connectivity index (χ0n) is 16.8. The Morgan fingerprint density at radius 2 is 1.94 bits per heavy atom. The van der Waals surface area contributed by atoms with Crippen LogP contribution in [0.25, 0.3) is 0 Å². The highest BCUT2D eigenvalue weighted by atomic mass is 35.5. The average molecular weight is 457 g/mol. The molecule has 0 saturated heterocycles. The zero-order valence-corrected chi connectivity index (χ0v) is 17.6. The molecule has 2 N–H and O–H groups in total. The van der Waals surface area contributed by atoms with Crippen molar-refractivity contribution in [1.82, 2.24) is 10.4 Å². The number of nitrogens with zero attached hydrogens (tertiary/aromatic N) is 2. The van der Waals surface area contributed by atoms with Gasteiger partial charge in [-0.3, -0.25) is 9.59 Å². The molecule has 1 aromatic heterocycles. The van der Waals surface area contributed by atoms with E-state index < -0.39 is 17.6 Å². The van der Waals surface area contributed by atoms with Crippen molar-refractivity contribution in [2.75, 3.05) is 19.0 Å². The predicted molar refractivity (Wildman–Crippen MR) is 118 cm³/mol. The summed E-state index contributed by atoms with van der Waals surface area (Å²) >= 11 is 5.88. The first kappa shape index (κ1) is 22.7. The number of benzene rings is 2. The summed E-state index contributed by atoms with van der Waals surface area (Å²) in [6, 6.07) is 13.4. The lowest BCUT2D eigenvalue weighted by Crippen LogP contribution is -2.20. The summed E-state index contributed by atoms with van der Waals surface area (Å²) in [5, 5.41) is 6.57. The van der Waals surface area contributed by atoms with Crippen LogP contribution in [-0.4, -0.2) is 36.7 Å². The quantitative estimate of drug-likeness (QED) is 0.306. The van der Waals surface area contributed by atoms with E-state index in [9.17, 15) is 14.0 Å². The number of aromatic nitrogens is 1. The van der Waals surface area contributed by atoms with Crippen LogP contribution in [0.5, 0.6) is 11.5 Å². The first-order valence-corrected chi connectivity index (χ1v) is 9.64. The number of hydrogen-bond acceptors (Lipinski definition) is 6. The minimum Gasteiger partial charge on any atom is -0.493 e. The van der Waals surface area contributed by atoms with Crippen LogP contribution in [0, 0.1) is 5.82 Å². The molecule has 0 atom stereocenters. The molecule has 0 aliphatic carbocycles. The number of rotatable bonds is 8. The first-order valence-electron chi connectivity index (χ1n) is 9.26. The van der Waals surface area contributed by atoms with Gasteiger partial charge >= 0.3 is 0 Å². The Morgan fingerprint density at radius 1 is 1.16 bits per heavy atom. The third kappa shape index (κ3) is 6.26. The van der Waals surface area contributed by atoms with Gasteiger partial charge in [0, 0.05) is 11.9 Å². The molecule has 0 aliphatic rings. The van der Waals surface area contributed by atoms with Gasteiger partial charge in [0.05, 0.1) is 18.9 Å². The molecule has 0 radical (unpaired) electrons. The second-order valence-corrected chi connectivity index (χ2v) is 6.65. The topological polar surface area (TPSA) is 102 Å². The molecule has 10 heteroatoms. The summed E-state index contributed by atoms with van der Waals surface area (Å²) in [5.41, 5.74) is 3.63. The van der Waals surface area contributed by atoms with Crippen molar-refractivity contribution in [2.24, 2.45) is 5.10 Å². The number of pyridine rings is 1. The minimum absolute atomic E-state index is 0.0758. The molecular weight excluding hydrogens is 439 g/mol. The normalized spacial score (nSPS) is 10.6. The van der Waals surface area contributed by atoms with Crippen molar-refractivity contribution >= 4 is 35.3 Å². The fraction of sp³-hybridized carbons (Fsp3) is 0.0909. The second-order valence-electron chi connectivity index (χ2n) is 6.29. The Kier molecular flexibility index (Phi) is 7.71. The van der Waals surface area contributed by atoms with Crippen molar-refractivity contribution < 1.29 is 23.5 Å². The number of hydrazone groups is 1. The second kappa shape index (κ2) is 10.9. The highest BCUT2D eigenvalue weighted by Crippen LogP contribution is 2.27. The van der Waals surface area contributed by atoms with Crippen LogP contribution in [0.2, 0.25) is 5.15 Å². The van der Waals surface area contributed by atoms with Gasteiger partial charge in [-0.15, -0.1) is 0 Å². The van der Waals surface area contributed by atoms with Crippen molar-refractivity contribution in [3.8, 4) is 11.5 Å². The molecule has 0 fully saturated rings. The number of halogens is 2. The highest BCUT2D eigenvalue weighted by Gasteiger charge is 2.11. The number of carbonyl (C=O) groups is 2. The molecular formula is C22H18ClFN4O4. The smallest absolute Gasteiger partial charge is 0.274 e. The van der Waals surface area contributed by atoms with E-state index >= 15 is 0 Å². The standard InChI is InChI=1S/C22H18ClFN4O4/c1-31-19-11-14(12-26-28-22(30)17-3-2-10-25-21(17)23)4-9-18(19)32-13-20(29)27-16-7-5-15(24)6-8-16/h2-12H,13H2,1H3,(H,27,29)(H,28,30). The maximum absolute atomic E-state index is 12.9. The maximum atomic E-state index is 12.9. The Bertz CT molecular complexity index is 1140. The molecule has 2 aromatic carbocycles. The van der Waals surface area contributed by atoms with Crippen LogP contribution in [0.1, 0.15) is 15.9 Å². The van der Waals surface area contributed by atoms with Crippen LogP contribution in [-0.2, 0) is 4.79 Å². The molecule has 0 saturated carbocycles. The van der Waals surface area contributed by atoms with E-state index in [-0.39, 0.29) is 17.3 Å². The van der Waals surface area contributed by atoms with Crippen molar-refractivity contribution in [1.29, 1.82) is 0 Å². The van der Waals surface area contributed by atoms with Gasteiger partial charge in [0.25, 0.3) is 11.8 Å². The largest absolute Gasteiger partial charge is 0.493 e. The average Bonchev–Trinajstić information content (AvgIpc) is 2.79. The lowest BCUT2D eigenvalue weighted by Gasteiger charge is -2.11. The summed E-state index contributed by atoms with van der Waals surface area (Å²) in [6.07, 6.45) is 2.89. The van der Waals surface area contributed by atoms with Crippen LogP contribution >= 0.6 is 11.6 Å². The Balaban J connectivity index is 1.57. The number of anilines is 1. The number of nitrogens with one attached hydrogen (secondary N) is 2. The molecule has 0 aliphatic heterocycles. The lowest BCUT2D eigenvalue weighted by molar-refractivity contribution is -0.118. The minimum atomic E-state index is -0.501. The van der Waals surface area contributed by atoms with Crippen LogP contribution in [0.15, 0.2) is 65.9 Å². The number of amides is 2. The van der Waals surface area contributed by atoms with Crippen molar-refractivity contribution in [3.05, 3.63) is 82.9 Å². The molecule has 8 nitrogen and oxygen atoms in total. The molecule has 2 amide bonds. The van der Waals surface area contributed by atoms with Crippen LogP contribution in [0.3, 0.4) is 0 Å². The van der Waals surface area contributed by atoms with E-state index in [0.29, 0.717) is 22.7 Å². The zero-order chi connectivity index (χ0) is 22.9. The predicted octanol–water partition coefficient (Wildman–Crippen LogP) is 3.66. The summed E-state index contributed by atoms with van der Waals surface area (Å²) < 4.78 is 23.7. The van der Waals surface area contributed by atoms with Gasteiger partial charge in [0.2, 0.25) is 0 Å². The molecule has 0 unspecified atom stereocenters.